The molecule has 0 atom stereocenters. The highest BCUT2D eigenvalue weighted by Gasteiger charge is 2.26. The van der Waals surface area contributed by atoms with Crippen molar-refractivity contribution >= 4 is 33.7 Å². The monoisotopic (exact) mass is 303 g/mol. The number of carbonyl (C=O) groups excluding carboxylic acids is 3. The van der Waals surface area contributed by atoms with E-state index in [0.29, 0.717) is 4.57 Å². The summed E-state index contributed by atoms with van der Waals surface area (Å²) in [5, 5.41) is 0.0559. The van der Waals surface area contributed by atoms with Gasteiger partial charge in [0.05, 0.1) is 5.69 Å². The Hall–Kier alpha value is -1.70. The summed E-state index contributed by atoms with van der Waals surface area (Å²) in [5.74, 6) is -2.20. The normalized spacial score (nSPS) is 10.3. The number of nitrogens with two attached hydrogens (primary N) is 1. The Morgan fingerprint density at radius 3 is 1.94 bits per heavy atom. The summed E-state index contributed by atoms with van der Waals surface area (Å²) in [4.78, 5) is 45.7. The number of nitrogens with zero attached hydrogens (tertiary/aromatic N) is 2. The SMILES string of the molecule is CC(=O)n1c(CBr)c(C(N)=O)n(C(C)=O)c1=O. The molecule has 0 saturated heterocycles. The molecule has 0 aromatic carbocycles. The van der Waals surface area contributed by atoms with Gasteiger partial charge < -0.3 is 5.73 Å². The van der Waals surface area contributed by atoms with Gasteiger partial charge in [-0.3, -0.25) is 14.4 Å². The molecule has 1 aromatic rings. The fraction of sp³-hybridized carbons (Fsp3) is 0.333. The predicted octanol–water partition coefficient (Wildman–Crippen LogP) is -0.0362. The number of amides is 1. The highest BCUT2D eigenvalue weighted by molar-refractivity contribution is 9.08. The number of hydrogen-bond acceptors (Lipinski definition) is 4. The fourth-order valence-electron chi connectivity index (χ4n) is 1.54. The molecular formula is C9H10BrN3O4. The van der Waals surface area contributed by atoms with Crippen LogP contribution in [-0.4, -0.2) is 26.9 Å². The van der Waals surface area contributed by atoms with Crippen LogP contribution in [0.4, 0.5) is 0 Å². The van der Waals surface area contributed by atoms with E-state index >= 15 is 0 Å². The third kappa shape index (κ3) is 2.07. The molecule has 0 radical (unpaired) electrons. The summed E-state index contributed by atoms with van der Waals surface area (Å²) < 4.78 is 1.34. The first-order valence-electron chi connectivity index (χ1n) is 4.57. The van der Waals surface area contributed by atoms with Crippen molar-refractivity contribution in [2.75, 3.05) is 0 Å². The molecule has 1 aromatic heterocycles. The Morgan fingerprint density at radius 2 is 1.65 bits per heavy atom. The second-order valence-electron chi connectivity index (χ2n) is 3.28. The Labute approximate surface area is 104 Å². The second-order valence-corrected chi connectivity index (χ2v) is 3.85. The van der Waals surface area contributed by atoms with Crippen molar-refractivity contribution in [2.24, 2.45) is 5.73 Å². The molecule has 8 heteroatoms. The zero-order chi connectivity index (χ0) is 13.3. The van der Waals surface area contributed by atoms with Crippen LogP contribution in [0.2, 0.25) is 0 Å². The van der Waals surface area contributed by atoms with E-state index in [1.54, 1.807) is 0 Å². The molecule has 0 aliphatic rings. The van der Waals surface area contributed by atoms with Gasteiger partial charge in [-0.05, 0) is 0 Å². The van der Waals surface area contributed by atoms with Crippen molar-refractivity contribution in [3.05, 3.63) is 21.9 Å². The number of carbonyl (C=O) groups is 3. The molecule has 0 bridgehead atoms. The quantitative estimate of drug-likeness (QED) is 0.774. The van der Waals surface area contributed by atoms with E-state index in [1.807, 2.05) is 0 Å². The number of aromatic nitrogens is 2. The molecule has 0 spiro atoms. The smallest absolute Gasteiger partial charge is 0.342 e. The largest absolute Gasteiger partial charge is 0.364 e. The highest BCUT2D eigenvalue weighted by atomic mass is 79.9. The fourth-order valence-corrected chi connectivity index (χ4v) is 2.05. The van der Waals surface area contributed by atoms with Gasteiger partial charge in [0.2, 0.25) is 11.8 Å². The number of alkyl halides is 1. The zero-order valence-corrected chi connectivity index (χ0v) is 10.8. The molecule has 2 N–H and O–H groups in total. The van der Waals surface area contributed by atoms with E-state index < -0.39 is 23.4 Å². The Kier molecular flexibility index (Phi) is 3.66. The van der Waals surface area contributed by atoms with E-state index in [9.17, 15) is 19.2 Å². The van der Waals surface area contributed by atoms with Crippen molar-refractivity contribution in [1.82, 2.24) is 9.13 Å². The van der Waals surface area contributed by atoms with Gasteiger partial charge in [0, 0.05) is 19.2 Å². The molecule has 0 aliphatic carbocycles. The number of hydrogen-bond donors (Lipinski definition) is 1. The van der Waals surface area contributed by atoms with Gasteiger partial charge in [-0.15, -0.1) is 0 Å². The Bertz CT molecular complexity index is 570. The van der Waals surface area contributed by atoms with E-state index in [4.69, 9.17) is 5.73 Å². The van der Waals surface area contributed by atoms with Crippen LogP contribution in [0, 0.1) is 0 Å². The van der Waals surface area contributed by atoms with Gasteiger partial charge in [-0.1, -0.05) is 15.9 Å². The van der Waals surface area contributed by atoms with E-state index in [-0.39, 0.29) is 16.7 Å². The first-order chi connectivity index (χ1) is 7.82. The topological polar surface area (TPSA) is 104 Å². The molecular weight excluding hydrogens is 294 g/mol. The number of imidazole rings is 1. The van der Waals surface area contributed by atoms with Crippen molar-refractivity contribution in [1.29, 1.82) is 0 Å². The first-order valence-corrected chi connectivity index (χ1v) is 5.69. The second kappa shape index (κ2) is 4.66. The lowest BCUT2D eigenvalue weighted by atomic mass is 10.3. The van der Waals surface area contributed by atoms with E-state index in [0.717, 1.165) is 18.4 Å². The van der Waals surface area contributed by atoms with Gasteiger partial charge in [-0.2, -0.15) is 0 Å². The van der Waals surface area contributed by atoms with Crippen LogP contribution in [0.1, 0.15) is 39.6 Å². The first kappa shape index (κ1) is 13.4. The summed E-state index contributed by atoms with van der Waals surface area (Å²) >= 11 is 3.05. The summed E-state index contributed by atoms with van der Waals surface area (Å²) in [5.41, 5.74) is 4.04. The van der Waals surface area contributed by atoms with E-state index in [1.165, 1.54) is 0 Å². The van der Waals surface area contributed by atoms with Crippen LogP contribution in [-0.2, 0) is 5.33 Å². The number of rotatable bonds is 2. The van der Waals surface area contributed by atoms with Gasteiger partial charge in [-0.25, -0.2) is 13.9 Å². The summed E-state index contributed by atoms with van der Waals surface area (Å²) in [6.45, 7) is 2.26. The number of primary amides is 1. The van der Waals surface area contributed by atoms with Gasteiger partial charge in [0.25, 0.3) is 5.91 Å². The zero-order valence-electron chi connectivity index (χ0n) is 9.19. The molecule has 0 fully saturated rings. The minimum absolute atomic E-state index is 0.0559. The van der Waals surface area contributed by atoms with Crippen LogP contribution >= 0.6 is 15.9 Å². The van der Waals surface area contributed by atoms with E-state index in [2.05, 4.69) is 15.9 Å². The maximum absolute atomic E-state index is 11.8. The van der Waals surface area contributed by atoms with Gasteiger partial charge in [0.15, 0.2) is 0 Å². The van der Waals surface area contributed by atoms with Crippen LogP contribution in [0.25, 0.3) is 0 Å². The standard InChI is InChI=1S/C9H10BrN3O4/c1-4(14)12-6(3-10)7(8(11)16)13(5(2)15)9(12)17/h3H2,1-2H3,(H2,11,16). The summed E-state index contributed by atoms with van der Waals surface area (Å²) in [7, 11) is 0. The minimum Gasteiger partial charge on any atom is -0.364 e. The average Bonchev–Trinajstić information content (AvgIpc) is 2.50. The maximum Gasteiger partial charge on any atom is 0.342 e. The lowest BCUT2D eigenvalue weighted by Gasteiger charge is -2.01. The molecule has 92 valence electrons. The summed E-state index contributed by atoms with van der Waals surface area (Å²) in [6, 6.07) is 0. The molecule has 1 rings (SSSR count). The van der Waals surface area contributed by atoms with Crippen LogP contribution in [0.5, 0.6) is 0 Å². The lowest BCUT2D eigenvalue weighted by Crippen LogP contribution is -2.32. The molecule has 0 saturated carbocycles. The third-order valence-electron chi connectivity index (χ3n) is 2.14. The number of halogens is 1. The molecule has 1 heterocycles. The Morgan fingerprint density at radius 1 is 1.18 bits per heavy atom. The third-order valence-corrected chi connectivity index (χ3v) is 2.67. The van der Waals surface area contributed by atoms with Crippen molar-refractivity contribution in [2.45, 2.75) is 19.2 Å². The highest BCUT2D eigenvalue weighted by Crippen LogP contribution is 2.11. The van der Waals surface area contributed by atoms with Gasteiger partial charge >= 0.3 is 5.69 Å². The average molecular weight is 304 g/mol. The molecule has 0 unspecified atom stereocenters. The van der Waals surface area contributed by atoms with Crippen LogP contribution < -0.4 is 11.4 Å². The predicted molar refractivity (Wildman–Crippen MR) is 62.4 cm³/mol. The van der Waals surface area contributed by atoms with Gasteiger partial charge in [0.1, 0.15) is 5.69 Å². The van der Waals surface area contributed by atoms with Crippen LogP contribution in [0.3, 0.4) is 0 Å². The summed E-state index contributed by atoms with van der Waals surface area (Å²) in [6.07, 6.45) is 0. The molecule has 7 nitrogen and oxygen atoms in total. The van der Waals surface area contributed by atoms with Crippen molar-refractivity contribution in [3.63, 3.8) is 0 Å². The van der Waals surface area contributed by atoms with Crippen molar-refractivity contribution in [3.8, 4) is 0 Å². The molecule has 1 amide bonds. The molecule has 0 aliphatic heterocycles. The van der Waals surface area contributed by atoms with Crippen LogP contribution in [0.15, 0.2) is 4.79 Å². The minimum atomic E-state index is -0.938. The van der Waals surface area contributed by atoms with Crippen molar-refractivity contribution < 1.29 is 14.4 Å². The lowest BCUT2D eigenvalue weighted by molar-refractivity contribution is 0.0898. The Balaban J connectivity index is 3.85. The molecule has 17 heavy (non-hydrogen) atoms. The maximum atomic E-state index is 11.8.